The number of benzene rings is 1. The minimum atomic E-state index is -2.37. The van der Waals surface area contributed by atoms with Crippen molar-refractivity contribution in [2.24, 2.45) is 0 Å². The van der Waals surface area contributed by atoms with Gasteiger partial charge >= 0.3 is 0 Å². The maximum absolute atomic E-state index is 12.4. The van der Waals surface area contributed by atoms with Gasteiger partial charge in [-0.3, -0.25) is 0 Å². The van der Waals surface area contributed by atoms with Crippen LogP contribution in [-0.4, -0.2) is 17.5 Å². The largest absolute Gasteiger partial charge is 0.309 e. The topological polar surface area (TPSA) is 12.0 Å². The molecule has 0 amide bonds. The lowest BCUT2D eigenvalue weighted by Crippen LogP contribution is -2.33. The van der Waals surface area contributed by atoms with E-state index in [4.69, 9.17) is 0 Å². The van der Waals surface area contributed by atoms with Crippen molar-refractivity contribution in [3.63, 3.8) is 0 Å². The number of hydrogen-bond donors (Lipinski definition) is 1. The lowest BCUT2D eigenvalue weighted by molar-refractivity contribution is 0.151. The molecule has 1 saturated carbocycles. The summed E-state index contributed by atoms with van der Waals surface area (Å²) < 4.78 is 24.8. The molecule has 0 aliphatic heterocycles. The van der Waals surface area contributed by atoms with Gasteiger partial charge in [-0.1, -0.05) is 30.7 Å². The Labute approximate surface area is 111 Å². The van der Waals surface area contributed by atoms with Crippen molar-refractivity contribution in [1.82, 2.24) is 5.32 Å². The van der Waals surface area contributed by atoms with Gasteiger partial charge in [0.15, 0.2) is 0 Å². The molecule has 0 aromatic heterocycles. The lowest BCUT2D eigenvalue weighted by atomic mass is 10.1. The number of halogens is 2. The zero-order valence-corrected chi connectivity index (χ0v) is 11.4. The summed E-state index contributed by atoms with van der Waals surface area (Å²) >= 11 is 1.92. The molecular formula is C14H19F2NS. The van der Waals surface area contributed by atoms with Gasteiger partial charge in [-0.2, -0.15) is 11.8 Å². The summed E-state index contributed by atoms with van der Waals surface area (Å²) in [4.78, 5) is 0. The Kier molecular flexibility index (Phi) is 5.01. The minimum Gasteiger partial charge on any atom is -0.309 e. The standard InChI is InChI=1S/C14H19F2NS/c1-18-13-4-2-3-12(13)17-9-10-5-7-11(8-6-10)14(15)16/h5-8,12-14,17H,2-4,9H2,1H3. The fourth-order valence-electron chi connectivity index (χ4n) is 2.47. The molecule has 0 spiro atoms. The molecule has 18 heavy (non-hydrogen) atoms. The van der Waals surface area contributed by atoms with Gasteiger partial charge in [0.1, 0.15) is 0 Å². The molecular weight excluding hydrogens is 252 g/mol. The van der Waals surface area contributed by atoms with Crippen LogP contribution in [0.25, 0.3) is 0 Å². The molecule has 4 heteroatoms. The van der Waals surface area contributed by atoms with Gasteiger partial charge in [0, 0.05) is 23.4 Å². The van der Waals surface area contributed by atoms with Gasteiger partial charge in [-0.05, 0) is 24.7 Å². The third-order valence-electron chi connectivity index (χ3n) is 3.56. The van der Waals surface area contributed by atoms with Crippen LogP contribution in [-0.2, 0) is 6.54 Å². The molecule has 1 aliphatic rings. The first-order valence-electron chi connectivity index (χ1n) is 6.34. The number of nitrogens with one attached hydrogen (secondary N) is 1. The van der Waals surface area contributed by atoms with Gasteiger partial charge in [0.05, 0.1) is 0 Å². The zero-order chi connectivity index (χ0) is 13.0. The minimum absolute atomic E-state index is 0.0987. The molecule has 0 bridgehead atoms. The predicted molar refractivity (Wildman–Crippen MR) is 73.2 cm³/mol. The highest BCUT2D eigenvalue weighted by Gasteiger charge is 2.25. The van der Waals surface area contributed by atoms with Crippen molar-refractivity contribution in [2.75, 3.05) is 6.26 Å². The Bertz CT molecular complexity index is 367. The van der Waals surface area contributed by atoms with Crippen LogP contribution in [0.2, 0.25) is 0 Å². The van der Waals surface area contributed by atoms with Crippen molar-refractivity contribution in [3.8, 4) is 0 Å². The Morgan fingerprint density at radius 2 is 2.00 bits per heavy atom. The quantitative estimate of drug-likeness (QED) is 0.868. The van der Waals surface area contributed by atoms with E-state index in [2.05, 4.69) is 11.6 Å². The molecule has 1 nitrogen and oxygen atoms in total. The molecule has 1 fully saturated rings. The van der Waals surface area contributed by atoms with Crippen LogP contribution in [0.4, 0.5) is 8.78 Å². The number of thioether (sulfide) groups is 1. The first kappa shape index (κ1) is 13.8. The van der Waals surface area contributed by atoms with Crippen LogP contribution < -0.4 is 5.32 Å². The third-order valence-corrected chi connectivity index (χ3v) is 4.73. The summed E-state index contributed by atoms with van der Waals surface area (Å²) in [6.45, 7) is 0.769. The summed E-state index contributed by atoms with van der Waals surface area (Å²) in [5.74, 6) is 0. The lowest BCUT2D eigenvalue weighted by Gasteiger charge is -2.19. The Morgan fingerprint density at radius 3 is 2.61 bits per heavy atom. The summed E-state index contributed by atoms with van der Waals surface area (Å²) in [5, 5.41) is 4.24. The van der Waals surface area contributed by atoms with Crippen molar-refractivity contribution in [2.45, 2.75) is 43.5 Å². The highest BCUT2D eigenvalue weighted by Crippen LogP contribution is 2.28. The number of hydrogen-bond acceptors (Lipinski definition) is 2. The summed E-state index contributed by atoms with van der Waals surface area (Å²) in [5.41, 5.74) is 1.17. The molecule has 0 saturated heterocycles. The van der Waals surface area contributed by atoms with Crippen LogP contribution >= 0.6 is 11.8 Å². The first-order chi connectivity index (χ1) is 8.70. The molecule has 0 radical (unpaired) electrons. The Hall–Kier alpha value is -0.610. The van der Waals surface area contributed by atoms with E-state index in [1.54, 1.807) is 12.1 Å². The second kappa shape index (κ2) is 6.53. The van der Waals surface area contributed by atoms with Crippen LogP contribution in [0.3, 0.4) is 0 Å². The van der Waals surface area contributed by atoms with Crippen molar-refractivity contribution >= 4 is 11.8 Å². The summed E-state index contributed by atoms with van der Waals surface area (Å²) in [7, 11) is 0. The average Bonchev–Trinajstić information content (AvgIpc) is 2.84. The normalized spacial score (nSPS) is 23.8. The second-order valence-corrected chi connectivity index (χ2v) is 5.81. The van der Waals surface area contributed by atoms with Crippen LogP contribution in [0.1, 0.15) is 36.8 Å². The zero-order valence-electron chi connectivity index (χ0n) is 10.5. The molecule has 100 valence electrons. The summed E-state index contributed by atoms with van der Waals surface area (Å²) in [6.07, 6.45) is 3.57. The van der Waals surface area contributed by atoms with Crippen molar-refractivity contribution in [3.05, 3.63) is 35.4 Å². The number of alkyl halides is 2. The van der Waals surface area contributed by atoms with E-state index in [9.17, 15) is 8.78 Å². The molecule has 2 rings (SSSR count). The Balaban J connectivity index is 1.86. The van der Waals surface area contributed by atoms with E-state index in [1.807, 2.05) is 11.8 Å². The molecule has 1 aliphatic carbocycles. The average molecular weight is 271 g/mol. The van der Waals surface area contributed by atoms with Gasteiger partial charge in [0.25, 0.3) is 6.43 Å². The van der Waals surface area contributed by atoms with Gasteiger partial charge in [-0.25, -0.2) is 8.78 Å². The number of rotatable bonds is 5. The van der Waals surface area contributed by atoms with Crippen molar-refractivity contribution in [1.29, 1.82) is 0 Å². The smallest absolute Gasteiger partial charge is 0.263 e. The monoisotopic (exact) mass is 271 g/mol. The van der Waals surface area contributed by atoms with Crippen LogP contribution in [0.15, 0.2) is 24.3 Å². The first-order valence-corrected chi connectivity index (χ1v) is 7.62. The fraction of sp³-hybridized carbons (Fsp3) is 0.571. The van der Waals surface area contributed by atoms with E-state index < -0.39 is 6.43 Å². The van der Waals surface area contributed by atoms with E-state index in [-0.39, 0.29) is 5.56 Å². The maximum atomic E-state index is 12.4. The Morgan fingerprint density at radius 1 is 1.28 bits per heavy atom. The molecule has 2 atom stereocenters. The SMILES string of the molecule is CSC1CCCC1NCc1ccc(C(F)F)cc1. The van der Waals surface area contributed by atoms with Gasteiger partial charge < -0.3 is 5.32 Å². The van der Waals surface area contributed by atoms with Gasteiger partial charge in [-0.15, -0.1) is 0 Å². The molecule has 0 heterocycles. The van der Waals surface area contributed by atoms with Crippen LogP contribution in [0.5, 0.6) is 0 Å². The maximum Gasteiger partial charge on any atom is 0.263 e. The molecule has 1 aromatic carbocycles. The third kappa shape index (κ3) is 3.45. The summed E-state index contributed by atoms with van der Waals surface area (Å²) in [6, 6.07) is 7.18. The van der Waals surface area contributed by atoms with E-state index >= 15 is 0 Å². The molecule has 1 aromatic rings. The fourth-order valence-corrected chi connectivity index (χ4v) is 3.43. The highest BCUT2D eigenvalue weighted by molar-refractivity contribution is 7.99. The van der Waals surface area contributed by atoms with Crippen molar-refractivity contribution < 1.29 is 8.78 Å². The highest BCUT2D eigenvalue weighted by atomic mass is 32.2. The molecule has 2 unspecified atom stereocenters. The van der Waals surface area contributed by atoms with Gasteiger partial charge in [0.2, 0.25) is 0 Å². The van der Waals surface area contributed by atoms with E-state index in [1.165, 1.54) is 31.4 Å². The van der Waals surface area contributed by atoms with Crippen LogP contribution in [0, 0.1) is 0 Å². The van der Waals surface area contributed by atoms with E-state index in [0.29, 0.717) is 11.3 Å². The second-order valence-electron chi connectivity index (χ2n) is 4.73. The molecule has 1 N–H and O–H groups in total. The predicted octanol–water partition coefficient (Wildman–Crippen LogP) is 4.00. The van der Waals surface area contributed by atoms with E-state index in [0.717, 1.165) is 12.1 Å².